The number of rotatable bonds is 3. The molecule has 1 rings (SSSR count). The van der Waals surface area contributed by atoms with E-state index in [-0.39, 0.29) is 5.41 Å². The minimum Gasteiger partial charge on any atom is -0.496 e. The molecule has 1 aromatic rings. The van der Waals surface area contributed by atoms with Gasteiger partial charge in [-0.15, -0.1) is 11.8 Å². The average Bonchev–Trinajstić information content (AvgIpc) is 2.24. The fourth-order valence-corrected chi connectivity index (χ4v) is 2.08. The Morgan fingerprint density at radius 2 is 2.06 bits per heavy atom. The topological polar surface area (TPSA) is 33.0 Å². The van der Waals surface area contributed by atoms with E-state index < -0.39 is 0 Å². The van der Waals surface area contributed by atoms with Crippen LogP contribution in [-0.2, 0) is 5.41 Å². The van der Waals surface area contributed by atoms with Crippen molar-refractivity contribution in [3.63, 3.8) is 0 Å². The normalized spacial score (nSPS) is 10.9. The fraction of sp³-hybridized carbons (Fsp3) is 0.462. The van der Waals surface area contributed by atoms with Gasteiger partial charge in [0.1, 0.15) is 5.75 Å². The van der Waals surface area contributed by atoms with E-state index >= 15 is 0 Å². The molecule has 0 atom stereocenters. The van der Waals surface area contributed by atoms with Gasteiger partial charge in [0.2, 0.25) is 0 Å². The lowest BCUT2D eigenvalue weighted by Crippen LogP contribution is -2.12. The van der Waals surface area contributed by atoms with Gasteiger partial charge in [-0.05, 0) is 23.6 Å². The molecule has 0 bridgehead atoms. The molecule has 0 aromatic heterocycles. The largest absolute Gasteiger partial charge is 0.496 e. The number of nitriles is 1. The minimum absolute atomic E-state index is 0.0502. The molecule has 0 unspecified atom stereocenters. The molecule has 0 saturated carbocycles. The van der Waals surface area contributed by atoms with Crippen molar-refractivity contribution >= 4 is 11.8 Å². The Hall–Kier alpha value is -1.14. The summed E-state index contributed by atoms with van der Waals surface area (Å²) in [5, 5.41) is 8.56. The Labute approximate surface area is 102 Å². The smallest absolute Gasteiger partial charge is 0.122 e. The summed E-state index contributed by atoms with van der Waals surface area (Å²) in [5.74, 6) is 1.39. The highest BCUT2D eigenvalue weighted by Crippen LogP contribution is 2.34. The van der Waals surface area contributed by atoms with Crippen LogP contribution in [0, 0.1) is 11.3 Å². The van der Waals surface area contributed by atoms with Gasteiger partial charge >= 0.3 is 0 Å². The molecule has 1 aromatic carbocycles. The van der Waals surface area contributed by atoms with E-state index in [2.05, 4.69) is 32.9 Å². The Balaban J connectivity index is 3.08. The molecule has 0 radical (unpaired) electrons. The lowest BCUT2D eigenvalue weighted by molar-refractivity contribution is 0.397. The summed E-state index contributed by atoms with van der Waals surface area (Å²) < 4.78 is 5.36. The van der Waals surface area contributed by atoms with Crippen molar-refractivity contribution in [1.29, 1.82) is 5.26 Å². The zero-order valence-corrected chi connectivity index (χ0v) is 11.0. The maximum absolute atomic E-state index is 8.56. The van der Waals surface area contributed by atoms with Crippen LogP contribution in [0.4, 0.5) is 0 Å². The second-order valence-electron chi connectivity index (χ2n) is 4.56. The maximum atomic E-state index is 8.56. The molecule has 2 nitrogen and oxygen atoms in total. The molecule has 0 N–H and O–H groups in total. The first-order chi connectivity index (χ1) is 7.49. The van der Waals surface area contributed by atoms with Crippen molar-refractivity contribution in [3.8, 4) is 11.8 Å². The van der Waals surface area contributed by atoms with Gasteiger partial charge in [0.15, 0.2) is 0 Å². The molecular weight excluding hydrogens is 218 g/mol. The molecule has 0 spiro atoms. The zero-order chi connectivity index (χ0) is 12.2. The number of hydrogen-bond donors (Lipinski definition) is 0. The number of ether oxygens (including phenoxy) is 1. The van der Waals surface area contributed by atoms with Gasteiger partial charge in [0, 0.05) is 10.5 Å². The van der Waals surface area contributed by atoms with E-state index in [0.717, 1.165) is 10.6 Å². The molecule has 0 heterocycles. The summed E-state index contributed by atoms with van der Waals surface area (Å²) in [6, 6.07) is 8.22. The van der Waals surface area contributed by atoms with Crippen molar-refractivity contribution in [2.45, 2.75) is 31.1 Å². The zero-order valence-electron chi connectivity index (χ0n) is 10.2. The molecule has 0 amide bonds. The maximum Gasteiger partial charge on any atom is 0.122 e. The molecule has 0 aliphatic carbocycles. The van der Waals surface area contributed by atoms with Crippen LogP contribution in [0.15, 0.2) is 23.1 Å². The highest BCUT2D eigenvalue weighted by atomic mass is 32.2. The monoisotopic (exact) mass is 235 g/mol. The van der Waals surface area contributed by atoms with E-state index in [1.807, 2.05) is 12.1 Å². The summed E-state index contributed by atoms with van der Waals surface area (Å²) in [7, 11) is 1.69. The van der Waals surface area contributed by atoms with Crippen LogP contribution in [-0.4, -0.2) is 12.9 Å². The molecule has 16 heavy (non-hydrogen) atoms. The van der Waals surface area contributed by atoms with Gasteiger partial charge in [0.05, 0.1) is 18.9 Å². The molecule has 0 saturated heterocycles. The highest BCUT2D eigenvalue weighted by molar-refractivity contribution is 7.99. The van der Waals surface area contributed by atoms with E-state index in [0.29, 0.717) is 5.75 Å². The third-order valence-corrected chi connectivity index (χ3v) is 3.14. The van der Waals surface area contributed by atoms with Crippen LogP contribution in [0.5, 0.6) is 5.75 Å². The number of hydrogen-bond acceptors (Lipinski definition) is 3. The number of methoxy groups -OCH3 is 1. The van der Waals surface area contributed by atoms with E-state index in [9.17, 15) is 0 Å². The Morgan fingerprint density at radius 3 is 2.56 bits per heavy atom. The molecule has 0 aliphatic heterocycles. The predicted octanol–water partition coefficient (Wildman–Crippen LogP) is 3.61. The van der Waals surface area contributed by atoms with Crippen molar-refractivity contribution in [2.75, 3.05) is 12.9 Å². The van der Waals surface area contributed by atoms with Gasteiger partial charge in [-0.25, -0.2) is 0 Å². The summed E-state index contributed by atoms with van der Waals surface area (Å²) in [4.78, 5) is 1.12. The highest BCUT2D eigenvalue weighted by Gasteiger charge is 2.19. The molecule has 86 valence electrons. The fourth-order valence-electron chi connectivity index (χ4n) is 1.48. The van der Waals surface area contributed by atoms with Gasteiger partial charge in [0.25, 0.3) is 0 Å². The van der Waals surface area contributed by atoms with Crippen LogP contribution in [0.25, 0.3) is 0 Å². The predicted molar refractivity (Wildman–Crippen MR) is 68.0 cm³/mol. The van der Waals surface area contributed by atoms with Crippen LogP contribution in [0.3, 0.4) is 0 Å². The first-order valence-electron chi connectivity index (χ1n) is 5.17. The van der Waals surface area contributed by atoms with Crippen LogP contribution in [0.1, 0.15) is 26.3 Å². The lowest BCUT2D eigenvalue weighted by atomic mass is 9.86. The number of thioether (sulfide) groups is 1. The van der Waals surface area contributed by atoms with Crippen molar-refractivity contribution in [1.82, 2.24) is 0 Å². The second kappa shape index (κ2) is 5.27. The van der Waals surface area contributed by atoms with Crippen molar-refractivity contribution in [3.05, 3.63) is 23.8 Å². The van der Waals surface area contributed by atoms with Gasteiger partial charge in [-0.2, -0.15) is 5.26 Å². The third-order valence-electron chi connectivity index (χ3n) is 2.28. The first kappa shape index (κ1) is 12.9. The summed E-state index contributed by atoms with van der Waals surface area (Å²) >= 11 is 1.55. The Kier molecular flexibility index (Phi) is 4.26. The number of benzene rings is 1. The van der Waals surface area contributed by atoms with Crippen LogP contribution in [0.2, 0.25) is 0 Å². The molecule has 0 fully saturated rings. The summed E-state index contributed by atoms with van der Waals surface area (Å²) in [5.41, 5.74) is 1.23. The lowest BCUT2D eigenvalue weighted by Gasteiger charge is -2.22. The van der Waals surface area contributed by atoms with E-state index in [1.54, 1.807) is 18.9 Å². The van der Waals surface area contributed by atoms with Crippen molar-refractivity contribution in [2.24, 2.45) is 0 Å². The van der Waals surface area contributed by atoms with Crippen molar-refractivity contribution < 1.29 is 4.74 Å². The minimum atomic E-state index is 0.0502. The van der Waals surface area contributed by atoms with Gasteiger partial charge in [-0.3, -0.25) is 0 Å². The van der Waals surface area contributed by atoms with E-state index in [4.69, 9.17) is 10.00 Å². The Morgan fingerprint density at radius 1 is 1.38 bits per heavy atom. The second-order valence-corrected chi connectivity index (χ2v) is 5.61. The summed E-state index contributed by atoms with van der Waals surface area (Å²) in [6.07, 6.45) is 0. The average molecular weight is 235 g/mol. The number of nitrogens with zero attached hydrogens (tertiary/aromatic N) is 1. The molecule has 3 heteroatoms. The van der Waals surface area contributed by atoms with E-state index in [1.165, 1.54) is 5.56 Å². The van der Waals surface area contributed by atoms with Crippen LogP contribution >= 0.6 is 11.8 Å². The quantitative estimate of drug-likeness (QED) is 0.750. The first-order valence-corrected chi connectivity index (χ1v) is 6.16. The summed E-state index contributed by atoms with van der Waals surface area (Å²) in [6.45, 7) is 6.47. The SMILES string of the molecule is COc1ccc(SCC#N)cc1C(C)(C)C. The third kappa shape index (κ3) is 3.18. The Bertz CT molecular complexity index is 401. The van der Waals surface area contributed by atoms with Crippen LogP contribution < -0.4 is 4.74 Å². The van der Waals surface area contributed by atoms with Gasteiger partial charge < -0.3 is 4.74 Å². The standard InChI is InChI=1S/C13H17NOS/c1-13(2,3)11-9-10(16-8-7-14)5-6-12(11)15-4/h5-6,9H,8H2,1-4H3. The van der Waals surface area contributed by atoms with Gasteiger partial charge in [-0.1, -0.05) is 20.8 Å². The molecular formula is C13H17NOS. The molecule has 0 aliphatic rings.